The molecule has 7 heteroatoms. The van der Waals surface area contributed by atoms with Crippen molar-refractivity contribution in [2.24, 2.45) is 0 Å². The van der Waals surface area contributed by atoms with Gasteiger partial charge in [0.15, 0.2) is 0 Å². The molecule has 1 aliphatic heterocycles. The molecule has 1 atom stereocenters. The van der Waals surface area contributed by atoms with E-state index < -0.39 is 10.0 Å². The van der Waals surface area contributed by atoms with E-state index in [4.69, 9.17) is 4.74 Å². The molecule has 1 aromatic rings. The summed E-state index contributed by atoms with van der Waals surface area (Å²) in [6.45, 7) is 2.22. The normalized spacial score (nSPS) is 19.9. The molecular formula is C14H23N3O3S. The van der Waals surface area contributed by atoms with E-state index in [0.29, 0.717) is 12.3 Å². The Morgan fingerprint density at radius 2 is 2.19 bits per heavy atom. The van der Waals surface area contributed by atoms with Gasteiger partial charge in [0, 0.05) is 24.7 Å². The van der Waals surface area contributed by atoms with Crippen LogP contribution in [0, 0.1) is 0 Å². The summed E-state index contributed by atoms with van der Waals surface area (Å²) in [5.74, 6) is 0.684. The van der Waals surface area contributed by atoms with Crippen LogP contribution >= 0.6 is 0 Å². The molecule has 0 amide bonds. The van der Waals surface area contributed by atoms with E-state index in [1.54, 1.807) is 25.3 Å². The van der Waals surface area contributed by atoms with Crippen LogP contribution in [0.2, 0.25) is 0 Å². The summed E-state index contributed by atoms with van der Waals surface area (Å²) in [5, 5.41) is 3.01. The Bertz CT molecular complexity index is 589. The van der Waals surface area contributed by atoms with Gasteiger partial charge in [0.25, 0.3) is 0 Å². The van der Waals surface area contributed by atoms with Gasteiger partial charge in [-0.2, -0.15) is 0 Å². The number of hydrogen-bond donors (Lipinski definition) is 2. The van der Waals surface area contributed by atoms with Crippen molar-refractivity contribution in [2.45, 2.75) is 23.9 Å². The minimum absolute atomic E-state index is 0.0187. The molecule has 21 heavy (non-hydrogen) atoms. The predicted molar refractivity (Wildman–Crippen MR) is 82.0 cm³/mol. The van der Waals surface area contributed by atoms with Crippen LogP contribution in [-0.4, -0.2) is 53.7 Å². The van der Waals surface area contributed by atoms with Crippen molar-refractivity contribution in [3.05, 3.63) is 23.8 Å². The lowest BCUT2D eigenvalue weighted by Gasteiger charge is -2.15. The Morgan fingerprint density at radius 3 is 2.76 bits per heavy atom. The third kappa shape index (κ3) is 3.94. The first-order valence-electron chi connectivity index (χ1n) is 6.98. The number of methoxy groups -OCH3 is 1. The number of likely N-dealkylation sites (tertiary alicyclic amines) is 1. The Morgan fingerprint density at radius 1 is 1.43 bits per heavy atom. The van der Waals surface area contributed by atoms with Gasteiger partial charge in [-0.05, 0) is 45.3 Å². The zero-order chi connectivity index (χ0) is 15.5. The largest absolute Gasteiger partial charge is 0.496 e. The highest BCUT2D eigenvalue weighted by atomic mass is 32.2. The van der Waals surface area contributed by atoms with E-state index >= 15 is 0 Å². The smallest absolute Gasteiger partial charge is 0.240 e. The Kier molecular flexibility index (Phi) is 5.21. The molecular weight excluding hydrogens is 290 g/mol. The number of benzene rings is 1. The molecule has 0 aromatic heterocycles. The van der Waals surface area contributed by atoms with Crippen molar-refractivity contribution >= 4 is 10.0 Å². The van der Waals surface area contributed by atoms with Gasteiger partial charge in [-0.15, -0.1) is 0 Å². The molecule has 0 aliphatic carbocycles. The monoisotopic (exact) mass is 313 g/mol. The van der Waals surface area contributed by atoms with Crippen LogP contribution in [0.15, 0.2) is 23.1 Å². The molecule has 0 bridgehead atoms. The molecule has 0 saturated carbocycles. The second-order valence-corrected chi connectivity index (χ2v) is 7.09. The van der Waals surface area contributed by atoms with E-state index in [1.807, 2.05) is 14.1 Å². The van der Waals surface area contributed by atoms with Crippen molar-refractivity contribution in [3.8, 4) is 5.75 Å². The maximum atomic E-state index is 12.5. The lowest BCUT2D eigenvalue weighted by Crippen LogP contribution is -2.36. The third-order valence-electron chi connectivity index (χ3n) is 3.64. The lowest BCUT2D eigenvalue weighted by atomic mass is 10.2. The molecule has 1 unspecified atom stereocenters. The van der Waals surface area contributed by atoms with Crippen LogP contribution in [0.25, 0.3) is 0 Å². The lowest BCUT2D eigenvalue weighted by molar-refractivity contribution is 0.406. The first kappa shape index (κ1) is 16.2. The van der Waals surface area contributed by atoms with Gasteiger partial charge >= 0.3 is 0 Å². The Hall–Kier alpha value is -1.15. The standard InChI is InChI=1S/C14H23N3O3S/c1-15-9-11-8-13(4-5-14(11)20-3)21(18,19)16-12-6-7-17(2)10-12/h4-5,8,12,15-16H,6-7,9-10H2,1-3H3. The highest BCUT2D eigenvalue weighted by Crippen LogP contribution is 2.23. The van der Waals surface area contributed by atoms with Gasteiger partial charge in [-0.1, -0.05) is 0 Å². The number of hydrogen-bond acceptors (Lipinski definition) is 5. The van der Waals surface area contributed by atoms with E-state index in [2.05, 4.69) is 14.9 Å². The van der Waals surface area contributed by atoms with Gasteiger partial charge in [0.05, 0.1) is 12.0 Å². The second kappa shape index (κ2) is 6.74. The van der Waals surface area contributed by atoms with Gasteiger partial charge in [0.2, 0.25) is 10.0 Å². The summed E-state index contributed by atoms with van der Waals surface area (Å²) in [6, 6.07) is 4.92. The molecule has 2 rings (SSSR count). The fraction of sp³-hybridized carbons (Fsp3) is 0.571. The molecule has 1 aliphatic rings. The second-order valence-electron chi connectivity index (χ2n) is 5.37. The summed E-state index contributed by atoms with van der Waals surface area (Å²) >= 11 is 0. The summed E-state index contributed by atoms with van der Waals surface area (Å²) in [6.07, 6.45) is 0.843. The Balaban J connectivity index is 2.21. The molecule has 0 radical (unpaired) electrons. The van der Waals surface area contributed by atoms with E-state index in [9.17, 15) is 8.42 Å². The van der Waals surface area contributed by atoms with Crippen molar-refractivity contribution in [1.29, 1.82) is 0 Å². The van der Waals surface area contributed by atoms with Crippen molar-refractivity contribution < 1.29 is 13.2 Å². The summed E-state index contributed by atoms with van der Waals surface area (Å²) in [4.78, 5) is 2.40. The SMILES string of the molecule is CNCc1cc(S(=O)(=O)NC2CCN(C)C2)ccc1OC. The first-order chi connectivity index (χ1) is 9.96. The molecule has 1 aromatic carbocycles. The molecule has 1 heterocycles. The quantitative estimate of drug-likeness (QED) is 0.795. The fourth-order valence-electron chi connectivity index (χ4n) is 2.57. The van der Waals surface area contributed by atoms with Gasteiger partial charge in [-0.3, -0.25) is 0 Å². The third-order valence-corrected chi connectivity index (χ3v) is 5.16. The number of sulfonamides is 1. The summed E-state index contributed by atoms with van der Waals surface area (Å²) in [5.41, 5.74) is 0.825. The summed E-state index contributed by atoms with van der Waals surface area (Å²) < 4.78 is 32.9. The van der Waals surface area contributed by atoms with Crippen LogP contribution in [-0.2, 0) is 16.6 Å². The highest BCUT2D eigenvalue weighted by Gasteiger charge is 2.25. The number of likely N-dealkylation sites (N-methyl/N-ethyl adjacent to an activating group) is 1. The van der Waals surface area contributed by atoms with E-state index in [0.717, 1.165) is 25.1 Å². The van der Waals surface area contributed by atoms with Gasteiger partial charge in [-0.25, -0.2) is 13.1 Å². The number of ether oxygens (including phenoxy) is 1. The van der Waals surface area contributed by atoms with Crippen molar-refractivity contribution in [2.75, 3.05) is 34.3 Å². The maximum Gasteiger partial charge on any atom is 0.240 e. The number of nitrogens with one attached hydrogen (secondary N) is 2. The predicted octanol–water partition coefficient (Wildman–Crippen LogP) is 0.397. The zero-order valence-corrected chi connectivity index (χ0v) is 13.5. The van der Waals surface area contributed by atoms with Gasteiger partial charge in [0.1, 0.15) is 5.75 Å². The molecule has 118 valence electrons. The van der Waals surface area contributed by atoms with Crippen LogP contribution in [0.4, 0.5) is 0 Å². The first-order valence-corrected chi connectivity index (χ1v) is 8.47. The van der Waals surface area contributed by atoms with Crippen molar-refractivity contribution in [1.82, 2.24) is 14.9 Å². The molecule has 6 nitrogen and oxygen atoms in total. The van der Waals surface area contributed by atoms with E-state index in [-0.39, 0.29) is 10.9 Å². The molecule has 0 spiro atoms. The fourth-order valence-corrected chi connectivity index (χ4v) is 3.88. The molecule has 1 fully saturated rings. The zero-order valence-electron chi connectivity index (χ0n) is 12.7. The maximum absolute atomic E-state index is 12.5. The molecule has 2 N–H and O–H groups in total. The summed E-state index contributed by atoms with van der Waals surface area (Å²) in [7, 11) is 1.89. The number of rotatable bonds is 6. The Labute approximate surface area is 126 Å². The molecule has 1 saturated heterocycles. The van der Waals surface area contributed by atoms with Crippen LogP contribution in [0.1, 0.15) is 12.0 Å². The number of nitrogens with zero attached hydrogens (tertiary/aromatic N) is 1. The van der Waals surface area contributed by atoms with Crippen LogP contribution in [0.5, 0.6) is 5.75 Å². The van der Waals surface area contributed by atoms with E-state index in [1.165, 1.54) is 0 Å². The highest BCUT2D eigenvalue weighted by molar-refractivity contribution is 7.89. The minimum atomic E-state index is -3.49. The van der Waals surface area contributed by atoms with Crippen LogP contribution < -0.4 is 14.8 Å². The van der Waals surface area contributed by atoms with Crippen LogP contribution in [0.3, 0.4) is 0 Å². The van der Waals surface area contributed by atoms with Crippen molar-refractivity contribution in [3.63, 3.8) is 0 Å². The van der Waals surface area contributed by atoms with Gasteiger partial charge < -0.3 is 15.0 Å². The minimum Gasteiger partial charge on any atom is -0.496 e. The average Bonchev–Trinajstić information content (AvgIpc) is 2.83. The average molecular weight is 313 g/mol. The topological polar surface area (TPSA) is 70.7 Å².